The van der Waals surface area contributed by atoms with Gasteiger partial charge in [0, 0.05) is 5.57 Å². The zero-order chi connectivity index (χ0) is 9.56. The van der Waals surface area contributed by atoms with Crippen molar-refractivity contribution in [2.24, 2.45) is 5.92 Å². The van der Waals surface area contributed by atoms with Crippen molar-refractivity contribution in [3.05, 3.63) is 17.2 Å². The van der Waals surface area contributed by atoms with Gasteiger partial charge in [0.2, 0.25) is 0 Å². The quantitative estimate of drug-likeness (QED) is 0.272. The molecule has 0 spiro atoms. The molecule has 3 heteroatoms. The summed E-state index contributed by atoms with van der Waals surface area (Å²) >= 11 is 0. The third-order valence-electron chi connectivity index (χ3n) is 1.41. The fraction of sp³-hybridized carbons (Fsp3) is 0.556. The predicted molar refractivity (Wildman–Crippen MR) is 47.9 cm³/mol. The molecular weight excluding hydrogens is 152 g/mol. The summed E-state index contributed by atoms with van der Waals surface area (Å²) in [4.78, 5) is 13.8. The zero-order valence-electron chi connectivity index (χ0n) is 7.74. The van der Waals surface area contributed by atoms with Crippen molar-refractivity contribution in [3.63, 3.8) is 0 Å². The molecule has 0 amide bonds. The number of Topliss-reactive ketones (excluding diaryl/α,β-unsaturated/α-hetero) is 1. The highest BCUT2D eigenvalue weighted by molar-refractivity contribution is 6.33. The first-order chi connectivity index (χ1) is 5.61. The maximum Gasteiger partial charge on any atom is 0.327 e. The molecule has 0 aliphatic carbocycles. The highest BCUT2D eigenvalue weighted by atomic mass is 16.1. The molecule has 0 fully saturated rings. The number of carbonyl (C=O) groups excluding carboxylic acids is 1. The monoisotopic (exact) mass is 166 g/mol. The summed E-state index contributed by atoms with van der Waals surface area (Å²) < 4.78 is 0. The molecule has 0 aliphatic heterocycles. The topological polar surface area (TPSA) is 53.5 Å². The van der Waals surface area contributed by atoms with Crippen molar-refractivity contribution in [3.8, 4) is 0 Å². The van der Waals surface area contributed by atoms with Gasteiger partial charge in [0.25, 0.3) is 5.78 Å². The largest absolute Gasteiger partial charge is 0.361 e. The SMILES string of the molecule is CC/C(=C/C(C)C)C(=O)C=[N+]=[N-]. The Morgan fingerprint density at radius 2 is 2.17 bits per heavy atom. The van der Waals surface area contributed by atoms with Crippen LogP contribution < -0.4 is 0 Å². The Labute approximate surface area is 72.7 Å². The third-order valence-corrected chi connectivity index (χ3v) is 1.41. The molecule has 0 aromatic carbocycles. The maximum absolute atomic E-state index is 11.1. The van der Waals surface area contributed by atoms with E-state index in [0.29, 0.717) is 17.9 Å². The minimum absolute atomic E-state index is 0.214. The van der Waals surface area contributed by atoms with Crippen molar-refractivity contribution >= 4 is 12.0 Å². The number of ketones is 1. The summed E-state index contributed by atoms with van der Waals surface area (Å²) in [7, 11) is 0. The van der Waals surface area contributed by atoms with Gasteiger partial charge in [0.1, 0.15) is 0 Å². The summed E-state index contributed by atoms with van der Waals surface area (Å²) in [6, 6.07) is 0. The third kappa shape index (κ3) is 3.84. The smallest absolute Gasteiger partial charge is 0.327 e. The molecule has 0 saturated heterocycles. The summed E-state index contributed by atoms with van der Waals surface area (Å²) in [5.41, 5.74) is 8.83. The van der Waals surface area contributed by atoms with Crippen LogP contribution in [0.25, 0.3) is 5.53 Å². The number of nitrogens with zero attached hydrogens (tertiary/aromatic N) is 2. The molecule has 66 valence electrons. The van der Waals surface area contributed by atoms with Crippen molar-refractivity contribution < 1.29 is 9.58 Å². The summed E-state index contributed by atoms with van der Waals surface area (Å²) in [6.07, 6.45) is 3.48. The van der Waals surface area contributed by atoms with Crippen LogP contribution in [0, 0.1) is 5.92 Å². The molecule has 0 radical (unpaired) electrons. The minimum atomic E-state index is -0.214. The minimum Gasteiger partial charge on any atom is -0.361 e. The molecular formula is C9H14N2O. The van der Waals surface area contributed by atoms with E-state index < -0.39 is 0 Å². The van der Waals surface area contributed by atoms with E-state index in [4.69, 9.17) is 5.53 Å². The van der Waals surface area contributed by atoms with E-state index in [2.05, 4.69) is 4.79 Å². The van der Waals surface area contributed by atoms with Gasteiger partial charge >= 0.3 is 6.21 Å². The summed E-state index contributed by atoms with van der Waals surface area (Å²) in [5, 5.41) is 0. The Morgan fingerprint density at radius 1 is 1.58 bits per heavy atom. The highest BCUT2D eigenvalue weighted by Gasteiger charge is 2.08. The average molecular weight is 166 g/mol. The first-order valence-electron chi connectivity index (χ1n) is 4.04. The highest BCUT2D eigenvalue weighted by Crippen LogP contribution is 2.06. The van der Waals surface area contributed by atoms with Crippen molar-refractivity contribution in [1.29, 1.82) is 0 Å². The van der Waals surface area contributed by atoms with E-state index in [9.17, 15) is 4.79 Å². The first-order valence-corrected chi connectivity index (χ1v) is 4.04. The lowest BCUT2D eigenvalue weighted by molar-refractivity contribution is -0.112. The lowest BCUT2D eigenvalue weighted by Crippen LogP contribution is -2.04. The van der Waals surface area contributed by atoms with E-state index in [1.54, 1.807) is 0 Å². The number of carbonyl (C=O) groups is 1. The predicted octanol–water partition coefficient (Wildman–Crippen LogP) is 1.85. The Kier molecular flexibility index (Phi) is 4.89. The van der Waals surface area contributed by atoms with Gasteiger partial charge in [-0.3, -0.25) is 4.79 Å². The molecule has 0 aromatic heterocycles. The van der Waals surface area contributed by atoms with Crippen LogP contribution in [0.2, 0.25) is 0 Å². The summed E-state index contributed by atoms with van der Waals surface area (Å²) in [6.45, 7) is 5.90. The van der Waals surface area contributed by atoms with E-state index in [-0.39, 0.29) is 5.78 Å². The molecule has 0 N–H and O–H groups in total. The molecule has 0 rings (SSSR count). The Balaban J connectivity index is 4.55. The molecule has 0 saturated carbocycles. The molecule has 0 aromatic rings. The van der Waals surface area contributed by atoms with Crippen LogP contribution in [0.1, 0.15) is 27.2 Å². The van der Waals surface area contributed by atoms with Crippen molar-refractivity contribution in [2.75, 3.05) is 0 Å². The van der Waals surface area contributed by atoms with E-state index >= 15 is 0 Å². The molecule has 0 unspecified atom stereocenters. The van der Waals surface area contributed by atoms with Gasteiger partial charge in [-0.05, 0) is 12.3 Å². The number of rotatable bonds is 4. The van der Waals surface area contributed by atoms with Crippen LogP contribution in [0.4, 0.5) is 0 Å². The van der Waals surface area contributed by atoms with Gasteiger partial charge in [-0.1, -0.05) is 26.8 Å². The van der Waals surface area contributed by atoms with Gasteiger partial charge in [-0.2, -0.15) is 4.79 Å². The van der Waals surface area contributed by atoms with Crippen LogP contribution in [0.15, 0.2) is 11.6 Å². The fourth-order valence-corrected chi connectivity index (χ4v) is 0.912. The molecule has 0 heterocycles. The van der Waals surface area contributed by atoms with E-state index in [1.807, 2.05) is 26.8 Å². The Hall–Kier alpha value is -1.21. The lowest BCUT2D eigenvalue weighted by atomic mass is 10.0. The standard InChI is InChI=1S/C9H14N2O/c1-4-8(5-7(2)3)9(12)6-11-10/h5-7H,4H2,1-3H3/b8-5-. The van der Waals surface area contributed by atoms with Crippen LogP contribution >= 0.6 is 0 Å². The zero-order valence-corrected chi connectivity index (χ0v) is 7.74. The normalized spacial score (nSPS) is 11.2. The second-order valence-corrected chi connectivity index (χ2v) is 2.90. The van der Waals surface area contributed by atoms with E-state index in [1.165, 1.54) is 0 Å². The molecule has 0 atom stereocenters. The number of hydrogen-bond acceptors (Lipinski definition) is 1. The van der Waals surface area contributed by atoms with Gasteiger partial charge in [0.15, 0.2) is 0 Å². The Morgan fingerprint density at radius 3 is 2.50 bits per heavy atom. The molecule has 0 aliphatic rings. The van der Waals surface area contributed by atoms with Crippen LogP contribution in [0.3, 0.4) is 0 Å². The Bertz CT molecular complexity index is 235. The average Bonchev–Trinajstić information content (AvgIpc) is 2.00. The summed E-state index contributed by atoms with van der Waals surface area (Å²) in [5.74, 6) is 0.129. The van der Waals surface area contributed by atoms with Crippen LogP contribution in [-0.4, -0.2) is 16.8 Å². The fourth-order valence-electron chi connectivity index (χ4n) is 0.912. The van der Waals surface area contributed by atoms with E-state index in [0.717, 1.165) is 6.21 Å². The molecule has 0 bridgehead atoms. The van der Waals surface area contributed by atoms with Gasteiger partial charge in [0.05, 0.1) is 0 Å². The van der Waals surface area contributed by atoms with Gasteiger partial charge in [-0.15, -0.1) is 0 Å². The van der Waals surface area contributed by atoms with Crippen LogP contribution in [-0.2, 0) is 4.79 Å². The van der Waals surface area contributed by atoms with Crippen molar-refractivity contribution in [1.82, 2.24) is 0 Å². The molecule has 3 nitrogen and oxygen atoms in total. The first kappa shape index (κ1) is 10.8. The van der Waals surface area contributed by atoms with Gasteiger partial charge < -0.3 is 5.53 Å². The number of allylic oxidation sites excluding steroid dienone is 2. The molecule has 12 heavy (non-hydrogen) atoms. The maximum atomic E-state index is 11.1. The lowest BCUT2D eigenvalue weighted by Gasteiger charge is -1.99. The number of hydrogen-bond donors (Lipinski definition) is 0. The van der Waals surface area contributed by atoms with Crippen LogP contribution in [0.5, 0.6) is 0 Å². The van der Waals surface area contributed by atoms with Crippen molar-refractivity contribution in [2.45, 2.75) is 27.2 Å². The second kappa shape index (κ2) is 5.44. The second-order valence-electron chi connectivity index (χ2n) is 2.90. The van der Waals surface area contributed by atoms with Gasteiger partial charge in [-0.25, -0.2) is 0 Å².